The van der Waals surface area contributed by atoms with Crippen molar-refractivity contribution in [1.29, 1.82) is 0 Å². The summed E-state index contributed by atoms with van der Waals surface area (Å²) in [6, 6.07) is 17.3. The smallest absolute Gasteiger partial charge is 0.411 e. The molecule has 2 amide bonds. The summed E-state index contributed by atoms with van der Waals surface area (Å²) in [6.07, 6.45) is 7.33. The highest BCUT2D eigenvalue weighted by Crippen LogP contribution is 2.51. The Morgan fingerprint density at radius 3 is 2.05 bits per heavy atom. The summed E-state index contributed by atoms with van der Waals surface area (Å²) in [5.74, 6) is 6.50. The third kappa shape index (κ3) is 4.80. The fourth-order valence-corrected chi connectivity index (χ4v) is 7.92. The van der Waals surface area contributed by atoms with Crippen LogP contribution in [0.4, 0.5) is 4.79 Å². The Morgan fingerprint density at radius 1 is 0.875 bits per heavy atom. The minimum absolute atomic E-state index is 0.0673. The molecule has 1 spiro atoms. The van der Waals surface area contributed by atoms with Crippen molar-refractivity contribution >= 4 is 12.0 Å². The van der Waals surface area contributed by atoms with Gasteiger partial charge in [0.05, 0.1) is 11.8 Å². The number of aryl methyl sites for hydroxylation is 2. The maximum Gasteiger partial charge on any atom is 0.411 e. The van der Waals surface area contributed by atoms with Crippen LogP contribution in [-0.4, -0.2) is 53.6 Å². The van der Waals surface area contributed by atoms with E-state index in [0.29, 0.717) is 25.4 Å². The van der Waals surface area contributed by atoms with E-state index in [9.17, 15) is 9.59 Å². The second kappa shape index (κ2) is 10.3. The average Bonchev–Trinajstić information content (AvgIpc) is 3.44. The molecule has 6 rings (SSSR count). The molecule has 2 aliphatic carbocycles. The van der Waals surface area contributed by atoms with E-state index in [1.54, 1.807) is 0 Å². The van der Waals surface area contributed by atoms with E-state index in [2.05, 4.69) is 79.1 Å². The number of hydrogen-bond acceptors (Lipinski definition) is 3. The number of piperidine rings is 2. The predicted molar refractivity (Wildman–Crippen MR) is 157 cm³/mol. The fourth-order valence-electron chi connectivity index (χ4n) is 7.92. The largest absolute Gasteiger partial charge is 0.429 e. The highest BCUT2D eigenvalue weighted by molar-refractivity contribution is 5.89. The summed E-state index contributed by atoms with van der Waals surface area (Å²) in [4.78, 5) is 31.5. The quantitative estimate of drug-likeness (QED) is 0.417. The highest BCUT2D eigenvalue weighted by Gasteiger charge is 2.51. The summed E-state index contributed by atoms with van der Waals surface area (Å²) in [7, 11) is 0. The van der Waals surface area contributed by atoms with Gasteiger partial charge in [-0.2, -0.15) is 0 Å². The monoisotopic (exact) mass is 538 g/mol. The minimum atomic E-state index is -0.647. The van der Waals surface area contributed by atoms with Crippen LogP contribution in [0.5, 0.6) is 0 Å². The fraction of sp³-hybridized carbons (Fsp3) is 0.543. The van der Waals surface area contributed by atoms with Crippen LogP contribution in [0.2, 0.25) is 0 Å². The molecule has 2 aromatic rings. The van der Waals surface area contributed by atoms with Crippen molar-refractivity contribution in [2.45, 2.75) is 89.1 Å². The van der Waals surface area contributed by atoms with E-state index < -0.39 is 5.60 Å². The normalized spacial score (nSPS) is 26.5. The molecular formula is C35H42N2O3. The lowest BCUT2D eigenvalue weighted by atomic mass is 9.62. The van der Waals surface area contributed by atoms with E-state index in [1.807, 2.05) is 11.8 Å². The van der Waals surface area contributed by atoms with Crippen LogP contribution in [0, 0.1) is 31.1 Å². The number of carbonyl (C=O) groups is 2. The Kier molecular flexibility index (Phi) is 6.93. The van der Waals surface area contributed by atoms with Gasteiger partial charge >= 0.3 is 6.09 Å². The molecule has 5 nitrogen and oxygen atoms in total. The van der Waals surface area contributed by atoms with Crippen LogP contribution < -0.4 is 0 Å². The molecule has 5 heteroatoms. The molecule has 2 heterocycles. The van der Waals surface area contributed by atoms with E-state index in [-0.39, 0.29) is 22.8 Å². The van der Waals surface area contributed by atoms with Gasteiger partial charge in [0.2, 0.25) is 5.91 Å². The molecule has 2 aliphatic heterocycles. The van der Waals surface area contributed by atoms with Crippen molar-refractivity contribution in [3.63, 3.8) is 0 Å². The second-order valence-corrected chi connectivity index (χ2v) is 13.1. The molecule has 2 atom stereocenters. The van der Waals surface area contributed by atoms with Crippen LogP contribution in [0.25, 0.3) is 0 Å². The van der Waals surface area contributed by atoms with Gasteiger partial charge in [0.15, 0.2) is 5.60 Å². The number of likely N-dealkylation sites (tertiary alicyclic amines) is 2. The molecule has 2 aromatic carbocycles. The lowest BCUT2D eigenvalue weighted by Crippen LogP contribution is -2.56. The first-order valence-electron chi connectivity index (χ1n) is 15.1. The number of carbonyl (C=O) groups excluding carboxylic acids is 2. The zero-order chi connectivity index (χ0) is 28.0. The second-order valence-electron chi connectivity index (χ2n) is 13.1. The molecule has 0 radical (unpaired) electrons. The lowest BCUT2D eigenvalue weighted by Gasteiger charge is -2.52. The van der Waals surface area contributed by atoms with Gasteiger partial charge in [-0.25, -0.2) is 4.79 Å². The van der Waals surface area contributed by atoms with E-state index in [4.69, 9.17) is 4.74 Å². The van der Waals surface area contributed by atoms with Gasteiger partial charge in [-0.3, -0.25) is 4.79 Å². The molecule has 2 saturated heterocycles. The number of benzene rings is 2. The molecule has 3 fully saturated rings. The third-order valence-electron chi connectivity index (χ3n) is 10.3. The zero-order valence-electron chi connectivity index (χ0n) is 24.3. The SMILES string of the molecule is Cc1cc(C)cc(C2(C(=O)N3CCC4(CCN(C(=O)OC5(C)C#CC5)CC4c4ccccc4)CC3)CCCC2)c1. The molecule has 4 aliphatic rings. The van der Waals surface area contributed by atoms with Crippen molar-refractivity contribution in [2.75, 3.05) is 26.2 Å². The maximum atomic E-state index is 14.3. The van der Waals surface area contributed by atoms with Crippen molar-refractivity contribution in [2.24, 2.45) is 5.41 Å². The van der Waals surface area contributed by atoms with Gasteiger partial charge in [0, 0.05) is 32.1 Å². The third-order valence-corrected chi connectivity index (χ3v) is 10.3. The van der Waals surface area contributed by atoms with E-state index >= 15 is 0 Å². The van der Waals surface area contributed by atoms with Crippen molar-refractivity contribution in [3.8, 4) is 11.8 Å². The van der Waals surface area contributed by atoms with Crippen LogP contribution in [-0.2, 0) is 14.9 Å². The Morgan fingerprint density at radius 2 is 1.48 bits per heavy atom. The predicted octanol–water partition coefficient (Wildman–Crippen LogP) is 6.52. The first-order chi connectivity index (χ1) is 19.2. The molecule has 210 valence electrons. The number of rotatable bonds is 4. The van der Waals surface area contributed by atoms with Crippen LogP contribution in [0.15, 0.2) is 48.5 Å². The maximum absolute atomic E-state index is 14.3. The molecule has 0 N–H and O–H groups in total. The van der Waals surface area contributed by atoms with Crippen LogP contribution in [0.3, 0.4) is 0 Å². The minimum Gasteiger partial charge on any atom is -0.429 e. The Bertz CT molecular complexity index is 1320. The van der Waals surface area contributed by atoms with Crippen LogP contribution in [0.1, 0.15) is 86.5 Å². The lowest BCUT2D eigenvalue weighted by molar-refractivity contribution is -0.140. The number of ether oxygens (including phenoxy) is 1. The zero-order valence-corrected chi connectivity index (χ0v) is 24.3. The molecule has 40 heavy (non-hydrogen) atoms. The molecule has 2 unspecified atom stereocenters. The van der Waals surface area contributed by atoms with Gasteiger partial charge in [-0.15, -0.1) is 0 Å². The number of nitrogens with zero attached hydrogens (tertiary/aromatic N) is 2. The first-order valence-corrected chi connectivity index (χ1v) is 15.1. The van der Waals surface area contributed by atoms with Gasteiger partial charge in [0.25, 0.3) is 0 Å². The van der Waals surface area contributed by atoms with Gasteiger partial charge in [0.1, 0.15) is 0 Å². The summed E-state index contributed by atoms with van der Waals surface area (Å²) < 4.78 is 5.81. The van der Waals surface area contributed by atoms with Crippen LogP contribution >= 0.6 is 0 Å². The topological polar surface area (TPSA) is 49.9 Å². The summed E-state index contributed by atoms with van der Waals surface area (Å²) >= 11 is 0. The summed E-state index contributed by atoms with van der Waals surface area (Å²) in [5, 5.41) is 0. The van der Waals surface area contributed by atoms with Gasteiger partial charge in [-0.1, -0.05) is 84.3 Å². The first kappa shape index (κ1) is 26.9. The Hall–Kier alpha value is -3.26. The average molecular weight is 539 g/mol. The summed E-state index contributed by atoms with van der Waals surface area (Å²) in [6.45, 7) is 9.07. The standard InChI is InChI=1S/C35H42N2O3/c1-26-22-27(2)24-29(23-26)35(14-7-8-15-35)31(38)36-19-16-34(17-20-36)18-21-37(32(39)40-33(3)12-9-13-33)25-30(34)28-10-5-4-6-11-28/h4-6,10-11,22-24,30H,7-8,12,14-21,25H2,1-3H3. The van der Waals surface area contributed by atoms with E-state index in [1.165, 1.54) is 22.3 Å². The van der Waals surface area contributed by atoms with Crippen molar-refractivity contribution in [1.82, 2.24) is 9.80 Å². The van der Waals surface area contributed by atoms with Gasteiger partial charge in [-0.05, 0) is 69.4 Å². The molecular weight excluding hydrogens is 496 g/mol. The van der Waals surface area contributed by atoms with Crippen molar-refractivity contribution < 1.29 is 14.3 Å². The van der Waals surface area contributed by atoms with E-state index in [0.717, 1.165) is 58.0 Å². The van der Waals surface area contributed by atoms with Crippen molar-refractivity contribution in [3.05, 3.63) is 70.8 Å². The number of hydrogen-bond donors (Lipinski definition) is 0. The highest BCUT2D eigenvalue weighted by atomic mass is 16.6. The Labute approximate surface area is 239 Å². The number of amides is 2. The molecule has 0 bridgehead atoms. The molecule has 0 aromatic heterocycles. The molecule has 1 saturated carbocycles. The van der Waals surface area contributed by atoms with Gasteiger partial charge < -0.3 is 14.5 Å². The Balaban J connectivity index is 1.21. The summed E-state index contributed by atoms with van der Waals surface area (Å²) in [5.41, 5.74) is 4.00.